The van der Waals surface area contributed by atoms with E-state index in [1.54, 1.807) is 11.6 Å². The Morgan fingerprint density at radius 2 is 2.17 bits per heavy atom. The molecule has 0 radical (unpaired) electrons. The maximum Gasteiger partial charge on any atom is 0.319 e. The second-order valence-electron chi connectivity index (χ2n) is 5.19. The third kappa shape index (κ3) is 5.50. The summed E-state index contributed by atoms with van der Waals surface area (Å²) >= 11 is 0. The number of nitrogens with zero attached hydrogens (tertiary/aromatic N) is 3. The Bertz CT molecular complexity index is 809. The molecule has 3 N–H and O–H groups in total. The number of carbonyl (C=O) groups is 1. The number of rotatable bonds is 6. The SMILES string of the molecule is C[C@@H](Cn1cncn1)NC(=O)Nc1cc(NS(C)(=O)=O)ccc1F. The molecule has 0 bridgehead atoms. The number of aromatic nitrogens is 3. The third-order valence-corrected chi connectivity index (χ3v) is 3.43. The van der Waals surface area contributed by atoms with Gasteiger partial charge in [0, 0.05) is 6.04 Å². The number of anilines is 2. The van der Waals surface area contributed by atoms with Crippen LogP contribution in [0.25, 0.3) is 0 Å². The summed E-state index contributed by atoms with van der Waals surface area (Å²) in [7, 11) is -3.50. The number of amides is 2. The van der Waals surface area contributed by atoms with Gasteiger partial charge in [-0.1, -0.05) is 0 Å². The van der Waals surface area contributed by atoms with Gasteiger partial charge in [0.15, 0.2) is 0 Å². The van der Waals surface area contributed by atoms with Crippen LogP contribution in [0.2, 0.25) is 0 Å². The van der Waals surface area contributed by atoms with Gasteiger partial charge >= 0.3 is 6.03 Å². The van der Waals surface area contributed by atoms with Gasteiger partial charge in [-0.05, 0) is 25.1 Å². The molecule has 1 aromatic heterocycles. The molecule has 2 rings (SSSR count). The second kappa shape index (κ2) is 7.25. The van der Waals surface area contributed by atoms with Crippen LogP contribution in [0.5, 0.6) is 0 Å². The van der Waals surface area contributed by atoms with Crippen LogP contribution in [0, 0.1) is 5.82 Å². The lowest BCUT2D eigenvalue weighted by molar-refractivity contribution is 0.247. The van der Waals surface area contributed by atoms with Crippen molar-refractivity contribution in [2.24, 2.45) is 0 Å². The van der Waals surface area contributed by atoms with Crippen LogP contribution < -0.4 is 15.4 Å². The van der Waals surface area contributed by atoms with Gasteiger partial charge in [-0.2, -0.15) is 5.10 Å². The summed E-state index contributed by atoms with van der Waals surface area (Å²) in [5.74, 6) is -0.687. The van der Waals surface area contributed by atoms with Gasteiger partial charge in [-0.15, -0.1) is 0 Å². The van der Waals surface area contributed by atoms with Crippen LogP contribution in [0.15, 0.2) is 30.9 Å². The summed E-state index contributed by atoms with van der Waals surface area (Å²) in [6, 6.07) is 2.59. The van der Waals surface area contributed by atoms with Crippen LogP contribution in [-0.2, 0) is 16.6 Å². The summed E-state index contributed by atoms with van der Waals surface area (Å²) in [5, 5.41) is 8.88. The molecule has 24 heavy (non-hydrogen) atoms. The fraction of sp³-hybridized carbons (Fsp3) is 0.308. The van der Waals surface area contributed by atoms with E-state index < -0.39 is 21.9 Å². The molecule has 0 unspecified atom stereocenters. The molecule has 1 atom stereocenters. The van der Waals surface area contributed by atoms with Gasteiger partial charge in [-0.3, -0.25) is 9.40 Å². The first-order valence-corrected chi connectivity index (χ1v) is 8.79. The maximum absolute atomic E-state index is 13.8. The molecule has 0 aliphatic rings. The van der Waals surface area contributed by atoms with Crippen molar-refractivity contribution < 1.29 is 17.6 Å². The predicted molar refractivity (Wildman–Crippen MR) is 86.5 cm³/mol. The molecule has 130 valence electrons. The Hall–Kier alpha value is -2.69. The second-order valence-corrected chi connectivity index (χ2v) is 6.93. The molecule has 1 aromatic carbocycles. The zero-order valence-corrected chi connectivity index (χ0v) is 13.8. The molecule has 11 heteroatoms. The van der Waals surface area contributed by atoms with Gasteiger partial charge in [0.2, 0.25) is 10.0 Å². The summed E-state index contributed by atoms with van der Waals surface area (Å²) in [6.45, 7) is 2.14. The average Bonchev–Trinajstić information content (AvgIpc) is 2.93. The Balaban J connectivity index is 1.98. The Labute approximate surface area is 138 Å². The highest BCUT2D eigenvalue weighted by Crippen LogP contribution is 2.20. The van der Waals surface area contributed by atoms with E-state index >= 15 is 0 Å². The number of nitrogens with one attached hydrogen (secondary N) is 3. The highest BCUT2D eigenvalue weighted by atomic mass is 32.2. The fourth-order valence-corrected chi connectivity index (χ4v) is 2.49. The van der Waals surface area contributed by atoms with Gasteiger partial charge in [0.25, 0.3) is 0 Å². The quantitative estimate of drug-likeness (QED) is 0.714. The van der Waals surface area contributed by atoms with Crippen molar-refractivity contribution in [1.29, 1.82) is 0 Å². The molecule has 9 nitrogen and oxygen atoms in total. The van der Waals surface area contributed by atoms with E-state index in [1.165, 1.54) is 24.8 Å². The van der Waals surface area contributed by atoms with E-state index in [-0.39, 0.29) is 17.4 Å². The van der Waals surface area contributed by atoms with Gasteiger partial charge < -0.3 is 10.6 Å². The normalized spacial score (nSPS) is 12.5. The number of sulfonamides is 1. The zero-order valence-electron chi connectivity index (χ0n) is 13.0. The highest BCUT2D eigenvalue weighted by Gasteiger charge is 2.12. The van der Waals surface area contributed by atoms with Crippen molar-refractivity contribution in [1.82, 2.24) is 20.1 Å². The molecule has 2 aromatic rings. The third-order valence-electron chi connectivity index (χ3n) is 2.82. The Morgan fingerprint density at radius 3 is 2.79 bits per heavy atom. The predicted octanol–water partition coefficient (Wildman–Crippen LogP) is 0.999. The number of urea groups is 1. The van der Waals surface area contributed by atoms with E-state index in [1.807, 2.05) is 0 Å². The van der Waals surface area contributed by atoms with Crippen LogP contribution in [0.4, 0.5) is 20.6 Å². The monoisotopic (exact) mass is 356 g/mol. The number of benzene rings is 1. The van der Waals surface area contributed by atoms with Gasteiger partial charge in [0.1, 0.15) is 18.5 Å². The number of halogens is 1. The zero-order chi connectivity index (χ0) is 17.7. The maximum atomic E-state index is 13.8. The molecule has 1 heterocycles. The minimum Gasteiger partial charge on any atom is -0.334 e. The number of hydrogen-bond donors (Lipinski definition) is 3. The van der Waals surface area contributed by atoms with Crippen LogP contribution in [0.1, 0.15) is 6.92 Å². The summed E-state index contributed by atoms with van der Waals surface area (Å²) in [4.78, 5) is 15.7. The van der Waals surface area contributed by atoms with E-state index in [0.29, 0.717) is 6.54 Å². The summed E-state index contributed by atoms with van der Waals surface area (Å²) in [6.07, 6.45) is 3.86. The molecular formula is C13H17FN6O3S. The van der Waals surface area contributed by atoms with Gasteiger partial charge in [0.05, 0.1) is 24.2 Å². The van der Waals surface area contributed by atoms with Crippen molar-refractivity contribution >= 4 is 27.4 Å². The first-order chi connectivity index (χ1) is 11.2. The first kappa shape index (κ1) is 17.7. The molecular weight excluding hydrogens is 339 g/mol. The van der Waals surface area contributed by atoms with Gasteiger partial charge in [-0.25, -0.2) is 22.6 Å². The fourth-order valence-electron chi connectivity index (χ4n) is 1.93. The average molecular weight is 356 g/mol. The minimum atomic E-state index is -3.50. The standard InChI is InChI=1S/C13H17FN6O3S/c1-9(6-20-8-15-7-16-20)17-13(21)18-12-5-10(3-4-11(12)14)19-24(2,22)23/h3-5,7-9,19H,6H2,1-2H3,(H2,17,18,21)/t9-/m0/s1. The molecule has 0 spiro atoms. The first-order valence-electron chi connectivity index (χ1n) is 6.90. The van der Waals surface area contributed by atoms with E-state index in [2.05, 4.69) is 25.4 Å². The minimum absolute atomic E-state index is 0.143. The van der Waals surface area contributed by atoms with Crippen molar-refractivity contribution in [3.05, 3.63) is 36.7 Å². The lowest BCUT2D eigenvalue weighted by Gasteiger charge is -2.15. The lowest BCUT2D eigenvalue weighted by atomic mass is 10.2. The topological polar surface area (TPSA) is 118 Å². The Morgan fingerprint density at radius 1 is 1.42 bits per heavy atom. The van der Waals surface area contributed by atoms with E-state index in [9.17, 15) is 17.6 Å². The number of hydrogen-bond acceptors (Lipinski definition) is 5. The lowest BCUT2D eigenvalue weighted by Crippen LogP contribution is -2.38. The highest BCUT2D eigenvalue weighted by molar-refractivity contribution is 7.92. The smallest absolute Gasteiger partial charge is 0.319 e. The van der Waals surface area contributed by atoms with Crippen molar-refractivity contribution in [2.45, 2.75) is 19.5 Å². The van der Waals surface area contributed by atoms with Crippen molar-refractivity contribution in [2.75, 3.05) is 16.3 Å². The van der Waals surface area contributed by atoms with Crippen LogP contribution >= 0.6 is 0 Å². The number of carbonyl (C=O) groups excluding carboxylic acids is 1. The molecule has 2 amide bonds. The van der Waals surface area contributed by atoms with Crippen molar-refractivity contribution in [3.63, 3.8) is 0 Å². The summed E-state index contributed by atoms with van der Waals surface area (Å²) < 4.78 is 39.9. The molecule has 0 aliphatic heterocycles. The van der Waals surface area contributed by atoms with Crippen molar-refractivity contribution in [3.8, 4) is 0 Å². The summed E-state index contributed by atoms with van der Waals surface area (Å²) in [5.41, 5.74) is -0.000954. The van der Waals surface area contributed by atoms with E-state index in [0.717, 1.165) is 12.3 Å². The Kier molecular flexibility index (Phi) is 5.34. The van der Waals surface area contributed by atoms with E-state index in [4.69, 9.17) is 0 Å². The molecule has 0 fully saturated rings. The molecule has 0 aliphatic carbocycles. The van der Waals surface area contributed by atoms with Crippen LogP contribution in [-0.4, -0.2) is 41.5 Å². The van der Waals surface area contributed by atoms with Crippen LogP contribution in [0.3, 0.4) is 0 Å². The largest absolute Gasteiger partial charge is 0.334 e. The molecule has 0 saturated heterocycles. The molecule has 0 saturated carbocycles.